The molecule has 0 amide bonds. The van der Waals surface area contributed by atoms with Gasteiger partial charge in [-0.2, -0.15) is 0 Å². The van der Waals surface area contributed by atoms with Crippen molar-refractivity contribution in [3.63, 3.8) is 0 Å². The second kappa shape index (κ2) is 4.93. The van der Waals surface area contributed by atoms with Crippen LogP contribution >= 0.6 is 11.3 Å². The molecule has 1 fully saturated rings. The van der Waals surface area contributed by atoms with Crippen LogP contribution in [0, 0.1) is 11.8 Å². The Bertz CT molecular complexity index is 315. The number of carbonyl (C=O) groups is 1. The number of hydrogen-bond donors (Lipinski definition) is 0. The lowest BCUT2D eigenvalue weighted by molar-refractivity contribution is 0.0866. The molecule has 1 aliphatic rings. The third kappa shape index (κ3) is 2.49. The Kier molecular flexibility index (Phi) is 3.57. The third-order valence-electron chi connectivity index (χ3n) is 3.49. The molecule has 82 valence electrons. The molecule has 1 nitrogen and oxygen atoms in total. The summed E-state index contributed by atoms with van der Waals surface area (Å²) >= 11 is 1.58. The predicted octanol–water partition coefficient (Wildman–Crippen LogP) is 4.15. The molecule has 1 aromatic rings. The summed E-state index contributed by atoms with van der Waals surface area (Å²) < 4.78 is 0. The number of hydrogen-bond acceptors (Lipinski definition) is 2. The van der Waals surface area contributed by atoms with Gasteiger partial charge >= 0.3 is 0 Å². The molecule has 15 heavy (non-hydrogen) atoms. The summed E-state index contributed by atoms with van der Waals surface area (Å²) in [5.41, 5.74) is 0. The van der Waals surface area contributed by atoms with Crippen LogP contribution < -0.4 is 0 Å². The molecule has 0 bridgehead atoms. The number of thiophene rings is 1. The normalized spacial score (nSPS) is 26.5. The smallest absolute Gasteiger partial charge is 0.175 e. The molecule has 0 radical (unpaired) electrons. The molecule has 0 N–H and O–H groups in total. The fraction of sp³-hybridized carbons (Fsp3) is 0.615. The van der Waals surface area contributed by atoms with Crippen molar-refractivity contribution in [2.24, 2.45) is 11.8 Å². The van der Waals surface area contributed by atoms with Crippen molar-refractivity contribution < 1.29 is 4.79 Å². The van der Waals surface area contributed by atoms with Crippen molar-refractivity contribution in [3.8, 4) is 0 Å². The van der Waals surface area contributed by atoms with Gasteiger partial charge in [0.05, 0.1) is 4.88 Å². The molecule has 2 atom stereocenters. The summed E-state index contributed by atoms with van der Waals surface area (Å²) in [6.45, 7) is 2.24. The highest BCUT2D eigenvalue weighted by atomic mass is 32.1. The van der Waals surface area contributed by atoms with Crippen LogP contribution in [0.2, 0.25) is 0 Å². The van der Waals surface area contributed by atoms with Crippen molar-refractivity contribution in [2.75, 3.05) is 0 Å². The van der Waals surface area contributed by atoms with Crippen molar-refractivity contribution >= 4 is 17.1 Å². The Morgan fingerprint density at radius 2 is 2.40 bits per heavy atom. The Hall–Kier alpha value is -0.630. The zero-order chi connectivity index (χ0) is 10.7. The number of ketones is 1. The molecular formula is C13H18OS. The van der Waals surface area contributed by atoms with E-state index in [9.17, 15) is 4.79 Å². The molecule has 2 heteroatoms. The zero-order valence-electron chi connectivity index (χ0n) is 9.24. The van der Waals surface area contributed by atoms with Gasteiger partial charge in [0, 0.05) is 5.92 Å². The van der Waals surface area contributed by atoms with Gasteiger partial charge in [-0.3, -0.25) is 4.79 Å². The lowest BCUT2D eigenvalue weighted by atomic mass is 9.78. The average Bonchev–Trinajstić information content (AvgIpc) is 2.81. The molecule has 1 aliphatic carbocycles. The van der Waals surface area contributed by atoms with E-state index in [1.807, 2.05) is 17.5 Å². The minimum Gasteiger partial charge on any atom is -0.293 e. The van der Waals surface area contributed by atoms with Crippen LogP contribution in [-0.2, 0) is 0 Å². The van der Waals surface area contributed by atoms with E-state index in [4.69, 9.17) is 0 Å². The van der Waals surface area contributed by atoms with Crippen LogP contribution in [-0.4, -0.2) is 5.78 Å². The minimum absolute atomic E-state index is 0.308. The highest BCUT2D eigenvalue weighted by Gasteiger charge is 2.27. The third-order valence-corrected chi connectivity index (χ3v) is 4.38. The van der Waals surface area contributed by atoms with Gasteiger partial charge in [-0.15, -0.1) is 11.3 Å². The number of rotatable bonds is 3. The summed E-state index contributed by atoms with van der Waals surface area (Å²) in [5.74, 6) is 1.48. The van der Waals surface area contributed by atoms with E-state index in [2.05, 4.69) is 6.92 Å². The Morgan fingerprint density at radius 1 is 1.53 bits per heavy atom. The Labute approximate surface area is 95.5 Å². The van der Waals surface area contributed by atoms with Crippen LogP contribution in [0.15, 0.2) is 17.5 Å². The first-order valence-corrected chi connectivity index (χ1v) is 6.77. The quantitative estimate of drug-likeness (QED) is 0.702. The second-order valence-electron chi connectivity index (χ2n) is 4.48. The molecule has 0 aromatic carbocycles. The first-order valence-electron chi connectivity index (χ1n) is 5.89. The lowest BCUT2D eigenvalue weighted by Gasteiger charge is -2.27. The highest BCUT2D eigenvalue weighted by molar-refractivity contribution is 7.12. The summed E-state index contributed by atoms with van der Waals surface area (Å²) in [6.07, 6.45) is 6.01. The molecule has 0 aliphatic heterocycles. The van der Waals surface area contributed by atoms with E-state index in [0.717, 1.165) is 23.6 Å². The van der Waals surface area contributed by atoms with Crippen molar-refractivity contribution in [1.29, 1.82) is 0 Å². The lowest BCUT2D eigenvalue weighted by Crippen LogP contribution is -2.22. The highest BCUT2D eigenvalue weighted by Crippen LogP contribution is 2.33. The van der Waals surface area contributed by atoms with E-state index >= 15 is 0 Å². The van der Waals surface area contributed by atoms with Gasteiger partial charge in [-0.1, -0.05) is 32.3 Å². The molecule has 2 unspecified atom stereocenters. The van der Waals surface area contributed by atoms with Gasteiger partial charge in [-0.25, -0.2) is 0 Å². The van der Waals surface area contributed by atoms with E-state index in [-0.39, 0.29) is 0 Å². The van der Waals surface area contributed by atoms with Gasteiger partial charge in [0.15, 0.2) is 5.78 Å². The Morgan fingerprint density at radius 3 is 3.07 bits per heavy atom. The van der Waals surface area contributed by atoms with Gasteiger partial charge in [0.2, 0.25) is 0 Å². The van der Waals surface area contributed by atoms with Crippen LogP contribution in [0.4, 0.5) is 0 Å². The van der Waals surface area contributed by atoms with Gasteiger partial charge in [0.25, 0.3) is 0 Å². The van der Waals surface area contributed by atoms with E-state index < -0.39 is 0 Å². The summed E-state index contributed by atoms with van der Waals surface area (Å²) in [5, 5.41) is 1.99. The fourth-order valence-corrected chi connectivity index (χ4v) is 3.26. The van der Waals surface area contributed by atoms with Crippen molar-refractivity contribution in [2.45, 2.75) is 39.0 Å². The maximum Gasteiger partial charge on any atom is 0.175 e. The maximum atomic E-state index is 12.1. The largest absolute Gasteiger partial charge is 0.293 e. The number of Topliss-reactive ketones (excluding diaryl/α,β-unsaturated/α-hetero) is 1. The van der Waals surface area contributed by atoms with Crippen LogP contribution in [0.5, 0.6) is 0 Å². The summed E-state index contributed by atoms with van der Waals surface area (Å²) in [4.78, 5) is 13.1. The average molecular weight is 222 g/mol. The molecule has 0 spiro atoms. The van der Waals surface area contributed by atoms with Crippen molar-refractivity contribution in [3.05, 3.63) is 22.4 Å². The first-order chi connectivity index (χ1) is 7.31. The first kappa shape index (κ1) is 10.9. The molecule has 1 heterocycles. The topological polar surface area (TPSA) is 17.1 Å². The summed E-state index contributed by atoms with van der Waals surface area (Å²) in [6, 6.07) is 3.93. The monoisotopic (exact) mass is 222 g/mol. The van der Waals surface area contributed by atoms with Gasteiger partial charge < -0.3 is 0 Å². The molecule has 1 aromatic heterocycles. The number of carbonyl (C=O) groups excluding carboxylic acids is 1. The van der Waals surface area contributed by atoms with E-state index in [1.54, 1.807) is 11.3 Å². The fourth-order valence-electron chi connectivity index (χ4n) is 2.52. The van der Waals surface area contributed by atoms with Crippen LogP contribution in [0.25, 0.3) is 0 Å². The van der Waals surface area contributed by atoms with Crippen LogP contribution in [0.3, 0.4) is 0 Å². The van der Waals surface area contributed by atoms with E-state index in [0.29, 0.717) is 11.7 Å². The summed E-state index contributed by atoms with van der Waals surface area (Å²) in [7, 11) is 0. The molecule has 1 saturated carbocycles. The molecule has 0 saturated heterocycles. The zero-order valence-corrected chi connectivity index (χ0v) is 10.1. The Balaban J connectivity index is 2.01. The van der Waals surface area contributed by atoms with Gasteiger partial charge in [-0.05, 0) is 30.2 Å². The van der Waals surface area contributed by atoms with Crippen molar-refractivity contribution in [1.82, 2.24) is 0 Å². The molecule has 2 rings (SSSR count). The van der Waals surface area contributed by atoms with E-state index in [1.165, 1.54) is 19.3 Å². The van der Waals surface area contributed by atoms with Gasteiger partial charge in [0.1, 0.15) is 0 Å². The standard InChI is InChI=1S/C13H18OS/c1-2-10-5-3-6-11(9-10)13(14)12-7-4-8-15-12/h4,7-8,10-11H,2-3,5-6,9H2,1H3. The second-order valence-corrected chi connectivity index (χ2v) is 5.43. The minimum atomic E-state index is 0.308. The molecular weight excluding hydrogens is 204 g/mol. The maximum absolute atomic E-state index is 12.1. The predicted molar refractivity (Wildman–Crippen MR) is 64.4 cm³/mol. The van der Waals surface area contributed by atoms with Crippen LogP contribution in [0.1, 0.15) is 48.7 Å². The SMILES string of the molecule is CCC1CCCC(C(=O)c2cccs2)C1.